The van der Waals surface area contributed by atoms with E-state index in [1.54, 1.807) is 36.4 Å². The van der Waals surface area contributed by atoms with Gasteiger partial charge in [-0.25, -0.2) is 0 Å². The van der Waals surface area contributed by atoms with Crippen molar-refractivity contribution >= 4 is 6.08 Å². The third-order valence-corrected chi connectivity index (χ3v) is 5.32. The molecule has 6 heteroatoms. The van der Waals surface area contributed by atoms with Gasteiger partial charge in [-0.15, -0.1) is 0 Å². The van der Waals surface area contributed by atoms with Gasteiger partial charge in [-0.2, -0.15) is 26.3 Å². The molecule has 3 aromatic rings. The predicted molar refractivity (Wildman–Crippen MR) is 109 cm³/mol. The average molecular weight is 431 g/mol. The Morgan fingerprint density at radius 2 is 1.32 bits per heavy atom. The normalized spacial score (nSPS) is 13.8. The van der Waals surface area contributed by atoms with Crippen LogP contribution in [0.15, 0.2) is 66.2 Å². The van der Waals surface area contributed by atoms with E-state index in [-0.39, 0.29) is 11.6 Å². The van der Waals surface area contributed by atoms with Gasteiger partial charge < -0.3 is 0 Å². The maximum absolute atomic E-state index is 13.5. The molecule has 3 aromatic carbocycles. The van der Waals surface area contributed by atoms with Gasteiger partial charge in [0.25, 0.3) is 0 Å². The fraction of sp³-hybridized carbons (Fsp3) is 0.160. The highest BCUT2D eigenvalue weighted by Gasteiger charge is 2.37. The minimum absolute atomic E-state index is 0.111. The molecule has 0 spiro atoms. The largest absolute Gasteiger partial charge is 0.416 e. The van der Waals surface area contributed by atoms with Gasteiger partial charge in [0.1, 0.15) is 0 Å². The lowest BCUT2D eigenvalue weighted by atomic mass is 9.87. The minimum atomic E-state index is -4.91. The number of hydrogen-bond acceptors (Lipinski definition) is 0. The second-order valence-corrected chi connectivity index (χ2v) is 7.37. The van der Waals surface area contributed by atoms with Crippen LogP contribution in [-0.2, 0) is 12.4 Å². The van der Waals surface area contributed by atoms with Crippen LogP contribution in [0.3, 0.4) is 0 Å². The summed E-state index contributed by atoms with van der Waals surface area (Å²) in [7, 11) is 0. The summed E-state index contributed by atoms with van der Waals surface area (Å²) in [4.78, 5) is 0. The molecular weight excluding hydrogens is 414 g/mol. The summed E-state index contributed by atoms with van der Waals surface area (Å²) in [6, 6.07) is 14.3. The first kappa shape index (κ1) is 21.2. The third kappa shape index (κ3) is 4.11. The number of allylic oxidation sites excluding steroid dienone is 1. The first-order valence-corrected chi connectivity index (χ1v) is 9.65. The summed E-state index contributed by atoms with van der Waals surface area (Å²) in [6.45, 7) is 1.94. The highest BCUT2D eigenvalue weighted by atomic mass is 19.4. The van der Waals surface area contributed by atoms with Gasteiger partial charge in [0.2, 0.25) is 0 Å². The molecular formula is C25H17F6. The molecule has 0 heterocycles. The number of benzene rings is 3. The van der Waals surface area contributed by atoms with Crippen LogP contribution in [0, 0.1) is 6.42 Å². The highest BCUT2D eigenvalue weighted by molar-refractivity contribution is 5.93. The van der Waals surface area contributed by atoms with Crippen molar-refractivity contribution in [2.45, 2.75) is 25.7 Å². The summed E-state index contributed by atoms with van der Waals surface area (Å²) in [6.07, 6.45) is -5.36. The van der Waals surface area contributed by atoms with Crippen molar-refractivity contribution in [1.29, 1.82) is 0 Å². The van der Waals surface area contributed by atoms with E-state index in [1.807, 2.05) is 25.5 Å². The maximum atomic E-state index is 13.5. The Hall–Kier alpha value is -3.02. The Kier molecular flexibility index (Phi) is 5.20. The molecule has 159 valence electrons. The molecule has 0 amide bonds. The van der Waals surface area contributed by atoms with E-state index in [2.05, 4.69) is 0 Å². The Morgan fingerprint density at radius 3 is 1.87 bits per heavy atom. The van der Waals surface area contributed by atoms with Crippen molar-refractivity contribution in [2.75, 3.05) is 0 Å². The smallest absolute Gasteiger partial charge is 0.166 e. The van der Waals surface area contributed by atoms with Crippen molar-refractivity contribution in [3.8, 4) is 22.3 Å². The molecule has 31 heavy (non-hydrogen) atoms. The topological polar surface area (TPSA) is 0 Å². The molecule has 0 unspecified atom stereocenters. The van der Waals surface area contributed by atoms with Crippen LogP contribution in [0.25, 0.3) is 28.3 Å². The van der Waals surface area contributed by atoms with E-state index in [0.29, 0.717) is 28.7 Å². The monoisotopic (exact) mass is 431 g/mol. The first-order chi connectivity index (χ1) is 14.6. The second-order valence-electron chi connectivity index (χ2n) is 7.37. The molecule has 0 bridgehead atoms. The van der Waals surface area contributed by atoms with E-state index in [4.69, 9.17) is 0 Å². The molecule has 0 nitrogen and oxygen atoms in total. The van der Waals surface area contributed by atoms with Crippen LogP contribution in [0.1, 0.15) is 35.6 Å². The van der Waals surface area contributed by atoms with E-state index < -0.39 is 23.5 Å². The molecule has 0 atom stereocenters. The molecule has 0 saturated heterocycles. The van der Waals surface area contributed by atoms with Gasteiger partial charge in [0.05, 0.1) is 11.1 Å². The lowest BCUT2D eigenvalue weighted by molar-refractivity contribution is -0.143. The van der Waals surface area contributed by atoms with Crippen LogP contribution < -0.4 is 0 Å². The van der Waals surface area contributed by atoms with Gasteiger partial charge in [-0.05, 0) is 58.0 Å². The summed E-state index contributed by atoms with van der Waals surface area (Å²) in [5.41, 5.74) is 1.26. The SMILES string of the molecule is CCC1=Cc2c(ccc(-c3ccccc3)c2-c2cc(C(F)(F)F)cc(C(F)(F)F)c2)[CH]1. The molecule has 1 aliphatic carbocycles. The molecule has 0 aromatic heterocycles. The molecule has 0 saturated carbocycles. The zero-order valence-corrected chi connectivity index (χ0v) is 16.4. The number of alkyl halides is 6. The summed E-state index contributed by atoms with van der Waals surface area (Å²) in [5, 5.41) is 0. The van der Waals surface area contributed by atoms with Crippen LogP contribution in [0.4, 0.5) is 26.3 Å². The zero-order chi connectivity index (χ0) is 22.4. The van der Waals surface area contributed by atoms with Crippen LogP contribution >= 0.6 is 0 Å². The number of hydrogen-bond donors (Lipinski definition) is 0. The highest BCUT2D eigenvalue weighted by Crippen LogP contribution is 2.45. The fourth-order valence-electron chi connectivity index (χ4n) is 3.82. The van der Waals surface area contributed by atoms with Crippen molar-refractivity contribution in [3.05, 3.63) is 94.9 Å². The minimum Gasteiger partial charge on any atom is -0.166 e. The second kappa shape index (κ2) is 7.59. The van der Waals surface area contributed by atoms with Crippen LogP contribution in [0.5, 0.6) is 0 Å². The summed E-state index contributed by atoms with van der Waals surface area (Å²) < 4.78 is 80.9. The van der Waals surface area contributed by atoms with Crippen molar-refractivity contribution in [3.63, 3.8) is 0 Å². The van der Waals surface area contributed by atoms with Gasteiger partial charge in [0, 0.05) is 6.42 Å². The average Bonchev–Trinajstić information content (AvgIpc) is 3.15. The van der Waals surface area contributed by atoms with Crippen LogP contribution in [-0.4, -0.2) is 0 Å². The lowest BCUT2D eigenvalue weighted by Gasteiger charge is -2.19. The molecule has 1 radical (unpaired) electrons. The molecule has 0 fully saturated rings. The van der Waals surface area contributed by atoms with Crippen molar-refractivity contribution in [2.24, 2.45) is 0 Å². The van der Waals surface area contributed by atoms with Crippen molar-refractivity contribution < 1.29 is 26.3 Å². The van der Waals surface area contributed by atoms with Gasteiger partial charge in [0.15, 0.2) is 0 Å². The quantitative estimate of drug-likeness (QED) is 0.365. The van der Waals surface area contributed by atoms with Gasteiger partial charge in [-0.1, -0.05) is 61.0 Å². The molecule has 4 rings (SSSR count). The molecule has 1 aliphatic rings. The van der Waals surface area contributed by atoms with Gasteiger partial charge in [-0.3, -0.25) is 0 Å². The first-order valence-electron chi connectivity index (χ1n) is 9.65. The van der Waals surface area contributed by atoms with E-state index in [0.717, 1.165) is 23.3 Å². The van der Waals surface area contributed by atoms with E-state index in [1.165, 1.54) is 0 Å². The maximum Gasteiger partial charge on any atom is 0.416 e. The van der Waals surface area contributed by atoms with E-state index in [9.17, 15) is 26.3 Å². The van der Waals surface area contributed by atoms with E-state index >= 15 is 0 Å². The predicted octanol–water partition coefficient (Wildman–Crippen LogP) is 8.42. The Labute approximate surface area is 175 Å². The Balaban J connectivity index is 2.06. The Bertz CT molecular complexity index is 1120. The number of fused-ring (bicyclic) bond motifs is 1. The zero-order valence-electron chi connectivity index (χ0n) is 16.4. The van der Waals surface area contributed by atoms with Crippen LogP contribution in [0.2, 0.25) is 0 Å². The molecule has 0 aliphatic heterocycles. The number of halogens is 6. The Morgan fingerprint density at radius 1 is 0.710 bits per heavy atom. The molecule has 0 N–H and O–H groups in total. The lowest BCUT2D eigenvalue weighted by Crippen LogP contribution is -2.11. The summed E-state index contributed by atoms with van der Waals surface area (Å²) >= 11 is 0. The summed E-state index contributed by atoms with van der Waals surface area (Å²) in [5.74, 6) is 0. The third-order valence-electron chi connectivity index (χ3n) is 5.32. The van der Waals surface area contributed by atoms with Gasteiger partial charge >= 0.3 is 12.4 Å². The fourth-order valence-corrected chi connectivity index (χ4v) is 3.82. The number of rotatable bonds is 3. The standard InChI is InChI=1S/C25H17F6/c1-2-15-10-17-8-9-21(16-6-4-3-5-7-16)23(22(17)11-15)18-12-19(24(26,27)28)14-20(13-18)25(29,30)31/h3-14H,2H2,1H3. The van der Waals surface area contributed by atoms with Crippen molar-refractivity contribution in [1.82, 2.24) is 0 Å².